The molecule has 4 rings (SSSR count). The van der Waals surface area contributed by atoms with E-state index in [1.165, 1.54) is 6.08 Å². The molecule has 39 heavy (non-hydrogen) atoms. The molecule has 0 atom stereocenters. The number of carbonyl (C=O) groups is 1. The third kappa shape index (κ3) is 6.77. The van der Waals surface area contributed by atoms with Gasteiger partial charge in [0.05, 0.1) is 0 Å². The van der Waals surface area contributed by atoms with E-state index in [1.54, 1.807) is 6.07 Å². The average molecular weight is 519 g/mol. The van der Waals surface area contributed by atoms with Crippen LogP contribution in [-0.2, 0) is 4.79 Å². The zero-order chi connectivity index (χ0) is 27.9. The third-order valence-electron chi connectivity index (χ3n) is 6.73. The SMILES string of the molecule is CN(C)c1ccc(N(c2ccc(/C=C3C=C(/C=C(\C#N)C(=O)O)CCC/3)cc2)c2ccc(N(C)C)cc2)cc1. The molecule has 0 bridgehead atoms. The first-order valence-electron chi connectivity index (χ1n) is 13.0. The Bertz CT molecular complexity index is 1390. The Morgan fingerprint density at radius 3 is 1.67 bits per heavy atom. The van der Waals surface area contributed by atoms with Gasteiger partial charge in [0, 0.05) is 56.6 Å². The van der Waals surface area contributed by atoms with E-state index in [0.29, 0.717) is 0 Å². The summed E-state index contributed by atoms with van der Waals surface area (Å²) in [5, 5.41) is 18.3. The second-order valence-corrected chi connectivity index (χ2v) is 10.0. The van der Waals surface area contributed by atoms with Gasteiger partial charge in [-0.3, -0.25) is 0 Å². The lowest BCUT2D eigenvalue weighted by Gasteiger charge is -2.27. The van der Waals surface area contributed by atoms with E-state index in [1.807, 2.05) is 34.3 Å². The molecule has 0 fully saturated rings. The molecule has 0 unspecified atom stereocenters. The topological polar surface area (TPSA) is 70.8 Å². The number of carboxylic acid groups (broad SMARTS) is 1. The number of hydrogen-bond donors (Lipinski definition) is 1. The van der Waals surface area contributed by atoms with Crippen molar-refractivity contribution in [2.24, 2.45) is 0 Å². The molecule has 0 saturated heterocycles. The highest BCUT2D eigenvalue weighted by Crippen LogP contribution is 2.36. The number of anilines is 5. The fourth-order valence-electron chi connectivity index (χ4n) is 4.61. The third-order valence-corrected chi connectivity index (χ3v) is 6.73. The van der Waals surface area contributed by atoms with Crippen molar-refractivity contribution in [1.82, 2.24) is 0 Å². The van der Waals surface area contributed by atoms with Gasteiger partial charge in [0.1, 0.15) is 11.6 Å². The molecule has 0 saturated carbocycles. The smallest absolute Gasteiger partial charge is 0.346 e. The zero-order valence-corrected chi connectivity index (χ0v) is 22.9. The van der Waals surface area contributed by atoms with Crippen LogP contribution in [0.5, 0.6) is 0 Å². The van der Waals surface area contributed by atoms with Gasteiger partial charge in [-0.2, -0.15) is 5.26 Å². The van der Waals surface area contributed by atoms with Gasteiger partial charge in [0.25, 0.3) is 0 Å². The number of nitrogens with zero attached hydrogens (tertiary/aromatic N) is 4. The maximum absolute atomic E-state index is 11.2. The van der Waals surface area contributed by atoms with Gasteiger partial charge >= 0.3 is 5.97 Å². The van der Waals surface area contributed by atoms with Crippen LogP contribution in [0.3, 0.4) is 0 Å². The van der Waals surface area contributed by atoms with Gasteiger partial charge in [-0.05, 0) is 103 Å². The average Bonchev–Trinajstić information content (AvgIpc) is 2.93. The molecule has 198 valence electrons. The van der Waals surface area contributed by atoms with Gasteiger partial charge in [-0.1, -0.05) is 24.3 Å². The molecule has 6 nitrogen and oxygen atoms in total. The van der Waals surface area contributed by atoms with Crippen LogP contribution < -0.4 is 14.7 Å². The molecule has 1 N–H and O–H groups in total. The lowest BCUT2D eigenvalue weighted by Crippen LogP contribution is -2.12. The van der Waals surface area contributed by atoms with E-state index in [2.05, 4.69) is 93.6 Å². The predicted octanol–water partition coefficient (Wildman–Crippen LogP) is 7.32. The second kappa shape index (κ2) is 12.2. The van der Waals surface area contributed by atoms with Crippen LogP contribution in [-0.4, -0.2) is 39.3 Å². The van der Waals surface area contributed by atoms with E-state index in [-0.39, 0.29) is 5.57 Å². The van der Waals surface area contributed by atoms with Crippen LogP contribution in [0.2, 0.25) is 0 Å². The first-order valence-corrected chi connectivity index (χ1v) is 13.0. The molecule has 3 aromatic rings. The molecule has 0 amide bonds. The number of rotatable bonds is 8. The summed E-state index contributed by atoms with van der Waals surface area (Å²) in [6.45, 7) is 0. The van der Waals surface area contributed by atoms with Gasteiger partial charge in [-0.25, -0.2) is 4.79 Å². The van der Waals surface area contributed by atoms with Crippen LogP contribution in [0.15, 0.2) is 102 Å². The second-order valence-electron chi connectivity index (χ2n) is 10.0. The van der Waals surface area contributed by atoms with Gasteiger partial charge < -0.3 is 19.8 Å². The normalized spacial score (nSPS) is 14.4. The lowest BCUT2D eigenvalue weighted by atomic mass is 9.92. The first-order chi connectivity index (χ1) is 18.7. The summed E-state index contributed by atoms with van der Waals surface area (Å²) in [5.41, 5.74) is 8.31. The van der Waals surface area contributed by atoms with Crippen LogP contribution in [0.4, 0.5) is 28.4 Å². The van der Waals surface area contributed by atoms with Crippen molar-refractivity contribution < 1.29 is 9.90 Å². The van der Waals surface area contributed by atoms with E-state index in [0.717, 1.165) is 64.4 Å². The molecular formula is C33H34N4O2. The fourth-order valence-corrected chi connectivity index (χ4v) is 4.61. The molecular weight excluding hydrogens is 484 g/mol. The monoisotopic (exact) mass is 518 g/mol. The highest BCUT2D eigenvalue weighted by molar-refractivity contribution is 5.91. The molecule has 6 heteroatoms. The van der Waals surface area contributed by atoms with Crippen LogP contribution >= 0.6 is 0 Å². The van der Waals surface area contributed by atoms with Crippen molar-refractivity contribution in [3.63, 3.8) is 0 Å². The maximum Gasteiger partial charge on any atom is 0.346 e. The maximum atomic E-state index is 11.2. The van der Waals surface area contributed by atoms with E-state index >= 15 is 0 Å². The first kappa shape index (κ1) is 27.3. The molecule has 0 aromatic heterocycles. The highest BCUT2D eigenvalue weighted by Gasteiger charge is 2.14. The number of benzene rings is 3. The minimum absolute atomic E-state index is 0.232. The van der Waals surface area contributed by atoms with Gasteiger partial charge in [0.15, 0.2) is 0 Å². The van der Waals surface area contributed by atoms with Crippen LogP contribution in [0.25, 0.3) is 6.08 Å². The Labute approximate surface area is 231 Å². The number of aliphatic carboxylic acids is 1. The molecule has 1 aliphatic carbocycles. The minimum Gasteiger partial charge on any atom is -0.477 e. The number of allylic oxidation sites excluding steroid dienone is 4. The summed E-state index contributed by atoms with van der Waals surface area (Å²) in [5.74, 6) is -1.19. The summed E-state index contributed by atoms with van der Waals surface area (Å²) in [6, 6.07) is 27.3. The number of carboxylic acids is 1. The Hall–Kier alpha value is -4.76. The summed E-state index contributed by atoms with van der Waals surface area (Å²) < 4.78 is 0. The van der Waals surface area contributed by atoms with Crippen molar-refractivity contribution in [3.8, 4) is 6.07 Å². The summed E-state index contributed by atoms with van der Waals surface area (Å²) in [7, 11) is 8.15. The molecule has 0 radical (unpaired) electrons. The Balaban J connectivity index is 1.66. The fraction of sp³-hybridized carbons (Fsp3) is 0.212. The van der Waals surface area contributed by atoms with Crippen LogP contribution in [0, 0.1) is 11.3 Å². The Morgan fingerprint density at radius 1 is 0.769 bits per heavy atom. The molecule has 3 aromatic carbocycles. The van der Waals surface area contributed by atoms with Crippen molar-refractivity contribution >= 4 is 40.5 Å². The van der Waals surface area contributed by atoms with Gasteiger partial charge in [-0.15, -0.1) is 0 Å². The van der Waals surface area contributed by atoms with Crippen molar-refractivity contribution in [3.05, 3.63) is 107 Å². The standard InChI is InChI=1S/C33H34N4O2/c1-35(2)28-12-16-31(17-13-28)37(32-18-14-29(15-19-32)36(3)4)30-10-8-24(9-11-30)20-25-6-5-7-26(21-25)22-27(23-34)33(38)39/h8-22H,5-7H2,1-4H3,(H,38,39)/b25-20+,27-22+. The molecule has 0 aliphatic heterocycles. The van der Waals surface area contributed by atoms with Crippen molar-refractivity contribution in [2.75, 3.05) is 42.9 Å². The van der Waals surface area contributed by atoms with E-state index in [4.69, 9.17) is 5.26 Å². The van der Waals surface area contributed by atoms with E-state index in [9.17, 15) is 9.90 Å². The summed E-state index contributed by atoms with van der Waals surface area (Å²) in [6.07, 6.45) is 8.22. The molecule has 0 spiro atoms. The lowest BCUT2D eigenvalue weighted by molar-refractivity contribution is -0.132. The quantitative estimate of drug-likeness (QED) is 0.249. The summed E-state index contributed by atoms with van der Waals surface area (Å²) >= 11 is 0. The summed E-state index contributed by atoms with van der Waals surface area (Å²) in [4.78, 5) is 17.6. The van der Waals surface area contributed by atoms with Crippen molar-refractivity contribution in [1.29, 1.82) is 5.26 Å². The highest BCUT2D eigenvalue weighted by atomic mass is 16.4. The Morgan fingerprint density at radius 2 is 1.23 bits per heavy atom. The number of nitriles is 1. The number of hydrogen-bond acceptors (Lipinski definition) is 5. The predicted molar refractivity (Wildman–Crippen MR) is 161 cm³/mol. The molecule has 1 aliphatic rings. The van der Waals surface area contributed by atoms with Crippen molar-refractivity contribution in [2.45, 2.75) is 19.3 Å². The zero-order valence-electron chi connectivity index (χ0n) is 22.9. The van der Waals surface area contributed by atoms with Gasteiger partial charge in [0.2, 0.25) is 0 Å². The largest absolute Gasteiger partial charge is 0.477 e. The minimum atomic E-state index is -1.19. The molecule has 0 heterocycles. The van der Waals surface area contributed by atoms with E-state index < -0.39 is 5.97 Å². The Kier molecular flexibility index (Phi) is 8.53. The van der Waals surface area contributed by atoms with Crippen LogP contribution in [0.1, 0.15) is 24.8 Å².